The van der Waals surface area contributed by atoms with Crippen molar-refractivity contribution in [3.8, 4) is 0 Å². The highest BCUT2D eigenvalue weighted by atomic mass is 32.2. The number of carbonyl (C=O) groups excluding carboxylic acids is 1. The van der Waals surface area contributed by atoms with E-state index in [4.69, 9.17) is 0 Å². The van der Waals surface area contributed by atoms with Crippen molar-refractivity contribution < 1.29 is 4.79 Å². The Kier molecular flexibility index (Phi) is 4.17. The van der Waals surface area contributed by atoms with Crippen molar-refractivity contribution in [2.75, 3.05) is 6.54 Å². The van der Waals surface area contributed by atoms with Gasteiger partial charge >= 0.3 is 0 Å². The van der Waals surface area contributed by atoms with E-state index in [0.717, 1.165) is 46.9 Å². The zero-order valence-corrected chi connectivity index (χ0v) is 14.2. The number of carbonyl (C=O) groups is 1. The third kappa shape index (κ3) is 2.92. The van der Waals surface area contributed by atoms with Gasteiger partial charge in [0.15, 0.2) is 0 Å². The number of hydrogen-bond acceptors (Lipinski definition) is 5. The first-order valence-electron chi connectivity index (χ1n) is 7.25. The summed E-state index contributed by atoms with van der Waals surface area (Å²) in [6, 6.07) is 0. The minimum absolute atomic E-state index is 0.0374. The zero-order chi connectivity index (χ0) is 15.0. The molecule has 6 heteroatoms. The van der Waals surface area contributed by atoms with Gasteiger partial charge in [0.05, 0.1) is 5.25 Å². The minimum Gasteiger partial charge on any atom is -0.355 e. The van der Waals surface area contributed by atoms with Crippen molar-refractivity contribution in [1.82, 2.24) is 15.3 Å². The summed E-state index contributed by atoms with van der Waals surface area (Å²) in [7, 11) is 0. The van der Waals surface area contributed by atoms with Crippen LogP contribution in [0.25, 0.3) is 10.2 Å². The minimum atomic E-state index is -0.0374. The largest absolute Gasteiger partial charge is 0.355 e. The van der Waals surface area contributed by atoms with Gasteiger partial charge in [-0.15, -0.1) is 11.3 Å². The van der Waals surface area contributed by atoms with Gasteiger partial charge in [-0.05, 0) is 39.2 Å². The molecule has 1 N–H and O–H groups in total. The lowest BCUT2D eigenvalue weighted by atomic mass is 10.2. The molecule has 3 rings (SSSR count). The van der Waals surface area contributed by atoms with E-state index in [9.17, 15) is 4.79 Å². The number of hydrogen-bond donors (Lipinski definition) is 1. The highest BCUT2D eigenvalue weighted by Gasteiger charge is 2.24. The normalized spacial score (nSPS) is 19.6. The molecule has 1 atom stereocenters. The van der Waals surface area contributed by atoms with E-state index in [2.05, 4.69) is 29.1 Å². The molecule has 1 saturated heterocycles. The van der Waals surface area contributed by atoms with E-state index < -0.39 is 0 Å². The van der Waals surface area contributed by atoms with Crippen molar-refractivity contribution >= 4 is 39.2 Å². The van der Waals surface area contributed by atoms with Gasteiger partial charge in [0.25, 0.3) is 0 Å². The topological polar surface area (TPSA) is 54.9 Å². The number of fused-ring (bicyclic) bond motifs is 1. The van der Waals surface area contributed by atoms with Crippen LogP contribution in [-0.4, -0.2) is 27.7 Å². The maximum absolute atomic E-state index is 12.2. The molecular formula is C15H19N3OS2. The SMILES string of the molecule is Cc1nc(S[C@H]2CCCCNC2=O)c2c(C)c(C)sc2n1. The first-order valence-corrected chi connectivity index (χ1v) is 8.94. The molecule has 0 aliphatic carbocycles. The molecule has 112 valence electrons. The van der Waals surface area contributed by atoms with Crippen molar-refractivity contribution in [3.63, 3.8) is 0 Å². The van der Waals surface area contributed by atoms with E-state index in [1.54, 1.807) is 23.1 Å². The van der Waals surface area contributed by atoms with E-state index in [1.165, 1.54) is 10.4 Å². The predicted octanol–water partition coefficient (Wildman–Crippen LogP) is 3.38. The summed E-state index contributed by atoms with van der Waals surface area (Å²) in [6.45, 7) is 6.94. The van der Waals surface area contributed by atoms with Crippen molar-refractivity contribution in [1.29, 1.82) is 0 Å². The van der Waals surface area contributed by atoms with E-state index in [-0.39, 0.29) is 11.2 Å². The zero-order valence-electron chi connectivity index (χ0n) is 12.5. The van der Waals surface area contributed by atoms with Crippen LogP contribution in [0.15, 0.2) is 5.03 Å². The summed E-state index contributed by atoms with van der Waals surface area (Å²) in [5.41, 5.74) is 1.24. The Morgan fingerprint density at radius 3 is 2.86 bits per heavy atom. The standard InChI is InChI=1S/C15H19N3OS2/c1-8-9(2)20-14-12(8)15(18-10(3)17-14)21-11-6-4-5-7-16-13(11)19/h11H,4-7H2,1-3H3,(H,16,19)/t11-/m0/s1. The van der Waals surface area contributed by atoms with Crippen LogP contribution >= 0.6 is 23.1 Å². The quantitative estimate of drug-likeness (QED) is 0.862. The number of aryl methyl sites for hydroxylation is 3. The average molecular weight is 321 g/mol. The smallest absolute Gasteiger partial charge is 0.233 e. The third-order valence-corrected chi connectivity index (χ3v) is 6.20. The van der Waals surface area contributed by atoms with Crippen LogP contribution in [0.5, 0.6) is 0 Å². The lowest BCUT2D eigenvalue weighted by Crippen LogP contribution is -2.30. The van der Waals surface area contributed by atoms with E-state index in [0.29, 0.717) is 0 Å². The Balaban J connectivity index is 2.01. The van der Waals surface area contributed by atoms with Crippen LogP contribution in [-0.2, 0) is 4.79 Å². The van der Waals surface area contributed by atoms with Crippen LogP contribution in [0.4, 0.5) is 0 Å². The molecule has 0 spiro atoms. The molecule has 1 aliphatic rings. The van der Waals surface area contributed by atoms with Gasteiger partial charge in [0.1, 0.15) is 15.7 Å². The van der Waals surface area contributed by atoms with Crippen LogP contribution < -0.4 is 5.32 Å². The Bertz CT molecular complexity index is 696. The van der Waals surface area contributed by atoms with E-state index in [1.807, 2.05) is 6.92 Å². The summed E-state index contributed by atoms with van der Waals surface area (Å²) >= 11 is 3.31. The van der Waals surface area contributed by atoms with Gasteiger partial charge in [0, 0.05) is 16.8 Å². The molecule has 21 heavy (non-hydrogen) atoms. The third-order valence-electron chi connectivity index (χ3n) is 3.85. The predicted molar refractivity (Wildman–Crippen MR) is 88.1 cm³/mol. The van der Waals surface area contributed by atoms with Gasteiger partial charge in [-0.2, -0.15) is 0 Å². The van der Waals surface area contributed by atoms with Crippen LogP contribution in [0.1, 0.15) is 35.5 Å². The number of rotatable bonds is 2. The fourth-order valence-electron chi connectivity index (χ4n) is 2.56. The van der Waals surface area contributed by atoms with E-state index >= 15 is 0 Å². The number of thioether (sulfide) groups is 1. The number of thiophene rings is 1. The Hall–Kier alpha value is -1.14. The molecule has 4 nitrogen and oxygen atoms in total. The molecule has 1 aliphatic heterocycles. The Morgan fingerprint density at radius 1 is 1.24 bits per heavy atom. The second-order valence-electron chi connectivity index (χ2n) is 5.43. The average Bonchev–Trinajstić information content (AvgIpc) is 2.59. The number of aromatic nitrogens is 2. The summed E-state index contributed by atoms with van der Waals surface area (Å²) in [4.78, 5) is 23.6. The van der Waals surface area contributed by atoms with Crippen LogP contribution in [0.3, 0.4) is 0 Å². The molecule has 1 fully saturated rings. The van der Waals surface area contributed by atoms with Gasteiger partial charge in [-0.1, -0.05) is 18.2 Å². The van der Waals surface area contributed by atoms with Crippen molar-refractivity contribution in [2.45, 2.75) is 50.3 Å². The maximum atomic E-state index is 12.2. The summed E-state index contributed by atoms with van der Waals surface area (Å²) in [5, 5.41) is 5.05. The van der Waals surface area contributed by atoms with Gasteiger partial charge in [-0.25, -0.2) is 9.97 Å². The second kappa shape index (κ2) is 5.93. The molecule has 0 bridgehead atoms. The Morgan fingerprint density at radius 2 is 2.05 bits per heavy atom. The fourth-order valence-corrected chi connectivity index (χ4v) is 4.99. The molecule has 0 radical (unpaired) electrons. The lowest BCUT2D eigenvalue weighted by Gasteiger charge is -2.13. The summed E-state index contributed by atoms with van der Waals surface area (Å²) in [5.74, 6) is 0.923. The van der Waals surface area contributed by atoms with Gasteiger partial charge in [-0.3, -0.25) is 4.79 Å². The second-order valence-corrected chi connectivity index (χ2v) is 7.83. The van der Waals surface area contributed by atoms with Crippen molar-refractivity contribution in [3.05, 3.63) is 16.3 Å². The molecule has 0 unspecified atom stereocenters. The number of nitrogens with one attached hydrogen (secondary N) is 1. The molecule has 2 aromatic heterocycles. The molecule has 0 aromatic carbocycles. The first-order chi connectivity index (χ1) is 10.1. The van der Waals surface area contributed by atoms with Crippen LogP contribution in [0.2, 0.25) is 0 Å². The maximum Gasteiger partial charge on any atom is 0.233 e. The molecule has 0 saturated carbocycles. The van der Waals surface area contributed by atoms with Gasteiger partial charge < -0.3 is 5.32 Å². The molecule has 1 amide bonds. The fraction of sp³-hybridized carbons (Fsp3) is 0.533. The summed E-state index contributed by atoms with van der Waals surface area (Å²) in [6.07, 6.45) is 3.08. The number of amides is 1. The molecular weight excluding hydrogens is 302 g/mol. The molecule has 2 aromatic rings. The monoisotopic (exact) mass is 321 g/mol. The lowest BCUT2D eigenvalue weighted by molar-refractivity contribution is -0.120. The Labute approximate surface area is 132 Å². The highest BCUT2D eigenvalue weighted by Crippen LogP contribution is 2.37. The van der Waals surface area contributed by atoms with Crippen LogP contribution in [0, 0.1) is 20.8 Å². The van der Waals surface area contributed by atoms with Gasteiger partial charge in [0.2, 0.25) is 5.91 Å². The van der Waals surface area contributed by atoms with Crippen molar-refractivity contribution in [2.24, 2.45) is 0 Å². The number of nitrogens with zero attached hydrogens (tertiary/aromatic N) is 2. The first kappa shape index (κ1) is 14.8. The molecule has 3 heterocycles. The highest BCUT2D eigenvalue weighted by molar-refractivity contribution is 8.00. The summed E-state index contributed by atoms with van der Waals surface area (Å²) < 4.78 is 0.